The first-order valence-electron chi connectivity index (χ1n) is 5.55. The van der Waals surface area contributed by atoms with Gasteiger partial charge < -0.3 is 5.11 Å². The van der Waals surface area contributed by atoms with Gasteiger partial charge in [0, 0.05) is 11.0 Å². The Morgan fingerprint density at radius 3 is 2.48 bits per heavy atom. The monoisotopic (exact) mass is 382 g/mol. The van der Waals surface area contributed by atoms with Crippen LogP contribution < -0.4 is 0 Å². The van der Waals surface area contributed by atoms with E-state index in [1.165, 1.54) is 25.1 Å². The van der Waals surface area contributed by atoms with Crippen LogP contribution in [0.25, 0.3) is 6.08 Å². The van der Waals surface area contributed by atoms with Gasteiger partial charge in [0.05, 0.1) is 4.83 Å². The van der Waals surface area contributed by atoms with Crippen molar-refractivity contribution >= 4 is 45.5 Å². The summed E-state index contributed by atoms with van der Waals surface area (Å²) in [6, 6.07) is 3.97. The summed E-state index contributed by atoms with van der Waals surface area (Å²) < 4.78 is 37.4. The second-order valence-electron chi connectivity index (χ2n) is 3.99. The van der Waals surface area contributed by atoms with Gasteiger partial charge in [0.15, 0.2) is 0 Å². The Hall–Kier alpha value is -1.28. The maximum absolute atomic E-state index is 12.5. The Kier molecular flexibility index (Phi) is 6.03. The fourth-order valence-corrected chi connectivity index (χ4v) is 2.38. The summed E-state index contributed by atoms with van der Waals surface area (Å²) in [5.74, 6) is -1.48. The van der Waals surface area contributed by atoms with Crippen LogP contribution in [-0.2, 0) is 9.59 Å². The van der Waals surface area contributed by atoms with E-state index in [4.69, 9.17) is 5.11 Å². The molecule has 1 rings (SSSR count). The van der Waals surface area contributed by atoms with Gasteiger partial charge in [0.25, 0.3) is 0 Å². The van der Waals surface area contributed by atoms with E-state index in [1.807, 2.05) is 0 Å². The van der Waals surface area contributed by atoms with Gasteiger partial charge in [-0.05, 0) is 48.0 Å². The van der Waals surface area contributed by atoms with Gasteiger partial charge in [-0.25, -0.2) is 4.79 Å². The lowest BCUT2D eigenvalue weighted by molar-refractivity contribution is -0.131. The Balaban J connectivity index is 3.25. The fraction of sp³-hybridized carbons (Fsp3) is 0.231. The van der Waals surface area contributed by atoms with Crippen LogP contribution in [0, 0.1) is 0 Å². The number of carboxylic acid groups (broad SMARTS) is 1. The molecule has 0 heterocycles. The molecule has 0 aliphatic heterocycles. The number of hydrogen-bond acceptors (Lipinski definition) is 3. The molecule has 3 nitrogen and oxygen atoms in total. The van der Waals surface area contributed by atoms with E-state index in [-0.39, 0.29) is 28.0 Å². The molecule has 1 unspecified atom stereocenters. The quantitative estimate of drug-likeness (QED) is 0.465. The Morgan fingerprint density at radius 1 is 1.38 bits per heavy atom. The summed E-state index contributed by atoms with van der Waals surface area (Å²) >= 11 is 2.79. The molecule has 0 bridgehead atoms. The van der Waals surface area contributed by atoms with Crippen molar-refractivity contribution < 1.29 is 27.9 Å². The number of Topliss-reactive ketones (excluding diaryl/α,β-unsaturated/α-hetero) is 1. The molecule has 1 atom stereocenters. The molecule has 0 spiro atoms. The second-order valence-corrected chi connectivity index (χ2v) is 6.01. The third-order valence-electron chi connectivity index (χ3n) is 2.31. The van der Waals surface area contributed by atoms with Crippen LogP contribution in [0.15, 0.2) is 29.2 Å². The minimum absolute atomic E-state index is 0.0860. The normalized spacial score (nSPS) is 13.4. The molecule has 0 radical (unpaired) electrons. The van der Waals surface area contributed by atoms with Crippen molar-refractivity contribution in [2.24, 2.45) is 0 Å². The first-order valence-corrected chi connectivity index (χ1v) is 7.28. The van der Waals surface area contributed by atoms with Gasteiger partial charge in [-0.15, -0.1) is 0 Å². The minimum Gasteiger partial charge on any atom is -0.478 e. The first-order chi connectivity index (χ1) is 9.60. The molecule has 0 aliphatic carbocycles. The molecule has 21 heavy (non-hydrogen) atoms. The number of halogens is 4. The number of hydrogen-bond donors (Lipinski definition) is 1. The maximum atomic E-state index is 12.5. The molecular weight excluding hydrogens is 373 g/mol. The van der Waals surface area contributed by atoms with Crippen LogP contribution in [0.4, 0.5) is 13.2 Å². The van der Waals surface area contributed by atoms with Crippen LogP contribution in [-0.4, -0.2) is 22.4 Å². The highest BCUT2D eigenvalue weighted by atomic mass is 79.9. The topological polar surface area (TPSA) is 54.4 Å². The molecule has 1 aromatic carbocycles. The van der Waals surface area contributed by atoms with Crippen molar-refractivity contribution in [1.82, 2.24) is 0 Å². The fourth-order valence-electron chi connectivity index (χ4n) is 1.47. The van der Waals surface area contributed by atoms with Crippen LogP contribution in [0.2, 0.25) is 0 Å². The van der Waals surface area contributed by atoms with E-state index in [0.717, 1.165) is 12.2 Å². The number of aliphatic carboxylic acids is 1. The molecule has 0 fully saturated rings. The van der Waals surface area contributed by atoms with Gasteiger partial charge in [-0.3, -0.25) is 4.79 Å². The van der Waals surface area contributed by atoms with Gasteiger partial charge in [-0.2, -0.15) is 13.2 Å². The molecule has 0 saturated carbocycles. The summed E-state index contributed by atoms with van der Waals surface area (Å²) in [5, 5.41) is 8.59. The van der Waals surface area contributed by atoms with Crippen LogP contribution in [0.5, 0.6) is 0 Å². The SMILES string of the molecule is CC(=O)C(Br)c1ccc(SC(F)(F)F)c(C=CC(=O)O)c1. The van der Waals surface area contributed by atoms with E-state index in [9.17, 15) is 22.8 Å². The summed E-state index contributed by atoms with van der Waals surface area (Å²) in [6.07, 6.45) is 1.82. The number of benzene rings is 1. The van der Waals surface area contributed by atoms with Gasteiger partial charge in [-0.1, -0.05) is 22.0 Å². The smallest absolute Gasteiger partial charge is 0.446 e. The van der Waals surface area contributed by atoms with Crippen LogP contribution in [0.1, 0.15) is 22.9 Å². The predicted octanol–water partition coefficient (Wildman–Crippen LogP) is 4.42. The summed E-state index contributed by atoms with van der Waals surface area (Å²) in [5.41, 5.74) is -3.94. The highest BCUT2D eigenvalue weighted by Gasteiger charge is 2.30. The number of carbonyl (C=O) groups excluding carboxylic acids is 1. The van der Waals surface area contributed by atoms with E-state index >= 15 is 0 Å². The number of thioether (sulfide) groups is 1. The number of ketones is 1. The zero-order chi connectivity index (χ0) is 16.2. The molecule has 1 aromatic rings. The number of alkyl halides is 4. The average Bonchev–Trinajstić information content (AvgIpc) is 2.34. The van der Waals surface area contributed by atoms with E-state index in [1.54, 1.807) is 0 Å². The molecule has 1 N–H and O–H groups in total. The van der Waals surface area contributed by atoms with E-state index in [0.29, 0.717) is 5.56 Å². The highest BCUT2D eigenvalue weighted by molar-refractivity contribution is 9.09. The lowest BCUT2D eigenvalue weighted by Gasteiger charge is -2.12. The summed E-state index contributed by atoms with van der Waals surface area (Å²) in [7, 11) is 0. The lowest BCUT2D eigenvalue weighted by atomic mass is 10.1. The molecule has 0 aromatic heterocycles. The summed E-state index contributed by atoms with van der Waals surface area (Å²) in [6.45, 7) is 1.34. The zero-order valence-corrected chi connectivity index (χ0v) is 13.1. The summed E-state index contributed by atoms with van der Waals surface area (Å²) in [4.78, 5) is 21.0. The Bertz CT molecular complexity index is 585. The predicted molar refractivity (Wildman–Crippen MR) is 77.4 cm³/mol. The molecule has 0 amide bonds. The third kappa shape index (κ3) is 5.92. The third-order valence-corrected chi connectivity index (χ3v) is 4.31. The van der Waals surface area contributed by atoms with E-state index in [2.05, 4.69) is 15.9 Å². The zero-order valence-electron chi connectivity index (χ0n) is 10.6. The molecule has 114 valence electrons. The maximum Gasteiger partial charge on any atom is 0.446 e. The van der Waals surface area contributed by atoms with Crippen molar-refractivity contribution in [3.8, 4) is 0 Å². The van der Waals surface area contributed by atoms with Gasteiger partial charge >= 0.3 is 11.5 Å². The van der Waals surface area contributed by atoms with Crippen molar-refractivity contribution in [1.29, 1.82) is 0 Å². The van der Waals surface area contributed by atoms with Crippen LogP contribution in [0.3, 0.4) is 0 Å². The lowest BCUT2D eigenvalue weighted by Crippen LogP contribution is -2.03. The van der Waals surface area contributed by atoms with Crippen molar-refractivity contribution in [3.63, 3.8) is 0 Å². The van der Waals surface area contributed by atoms with Crippen molar-refractivity contribution in [2.75, 3.05) is 0 Å². The Morgan fingerprint density at radius 2 is 2.00 bits per heavy atom. The number of rotatable bonds is 5. The highest BCUT2D eigenvalue weighted by Crippen LogP contribution is 2.40. The van der Waals surface area contributed by atoms with E-state index < -0.39 is 16.3 Å². The number of carbonyl (C=O) groups is 2. The Labute approximate surface area is 131 Å². The first kappa shape index (κ1) is 17.8. The molecule has 8 heteroatoms. The minimum atomic E-state index is -4.48. The largest absolute Gasteiger partial charge is 0.478 e. The van der Waals surface area contributed by atoms with Crippen LogP contribution >= 0.6 is 27.7 Å². The molecule has 0 aliphatic rings. The standard InChI is InChI=1S/C13H10BrF3O3S/c1-7(18)12(14)9-2-4-10(21-13(15,16)17)8(6-9)3-5-11(19)20/h2-6,12H,1H3,(H,19,20). The second kappa shape index (κ2) is 7.13. The van der Waals surface area contributed by atoms with Gasteiger partial charge in [0.1, 0.15) is 5.78 Å². The van der Waals surface area contributed by atoms with Crippen molar-refractivity contribution in [2.45, 2.75) is 22.2 Å². The van der Waals surface area contributed by atoms with Gasteiger partial charge in [0.2, 0.25) is 0 Å². The number of carboxylic acids is 1. The average molecular weight is 383 g/mol. The molecule has 0 saturated heterocycles. The molecular formula is C13H10BrF3O3S. The van der Waals surface area contributed by atoms with Crippen molar-refractivity contribution in [3.05, 3.63) is 35.4 Å².